The lowest BCUT2D eigenvalue weighted by Crippen LogP contribution is -2.38. The Morgan fingerprint density at radius 1 is 1.00 bits per heavy atom. The minimum absolute atomic E-state index is 0.361. The summed E-state index contributed by atoms with van der Waals surface area (Å²) in [5.41, 5.74) is -3.35. The lowest BCUT2D eigenvalue weighted by molar-refractivity contribution is -0.136. The topological polar surface area (TPSA) is 71.4 Å². The molecule has 7 heteroatoms. The maximum absolute atomic E-state index is 10.9. The molecule has 0 amide bonds. The maximum atomic E-state index is 10.9. The van der Waals surface area contributed by atoms with Crippen LogP contribution in [0.25, 0.3) is 0 Å². The molecule has 74 valence electrons. The van der Waals surface area contributed by atoms with Crippen LogP contribution in [0, 0.1) is 0 Å². The van der Waals surface area contributed by atoms with Gasteiger partial charge in [-0.25, -0.2) is 0 Å². The molecule has 0 rings (SSSR count). The van der Waals surface area contributed by atoms with Crippen LogP contribution in [-0.2, 0) is 14.4 Å². The second-order valence-electron chi connectivity index (χ2n) is 2.68. The summed E-state index contributed by atoms with van der Waals surface area (Å²) in [7, 11) is 5.47. The van der Waals surface area contributed by atoms with E-state index in [0.717, 1.165) is 0 Å². The second kappa shape index (κ2) is 5.22. The van der Waals surface area contributed by atoms with Crippen molar-refractivity contribution in [1.29, 1.82) is 0 Å². The van der Waals surface area contributed by atoms with Gasteiger partial charge in [0, 0.05) is 12.8 Å². The number of rotatable bonds is 5. The average Bonchev–Trinajstić information content (AvgIpc) is 1.82. The highest BCUT2D eigenvalue weighted by molar-refractivity contribution is 7.42. The van der Waals surface area contributed by atoms with Crippen molar-refractivity contribution in [2.45, 2.75) is 18.4 Å². The second-order valence-corrected chi connectivity index (χ2v) is 4.49. The molecular weight excluding hydrogens is 229 g/mol. The molecule has 4 nitrogen and oxygen atoms in total. The summed E-state index contributed by atoms with van der Waals surface area (Å²) in [6.07, 6.45) is -0.722. The summed E-state index contributed by atoms with van der Waals surface area (Å²) >= 11 is 0. The smallest absolute Gasteiger partial charge is 0.180 e. The lowest BCUT2D eigenvalue weighted by atomic mass is 9.99. The zero-order valence-corrected chi connectivity index (χ0v) is 10.3. The molecule has 0 aromatic rings. The molecule has 3 unspecified atom stereocenters. The van der Waals surface area contributed by atoms with E-state index in [4.69, 9.17) is 0 Å². The number of carbonyl (C=O) groups excluding carboxylic acids is 3. The molecule has 0 spiro atoms. The van der Waals surface area contributed by atoms with Gasteiger partial charge in [0.1, 0.15) is 5.60 Å². The van der Waals surface area contributed by atoms with E-state index < -0.39 is 22.2 Å². The molecule has 0 bridgehead atoms. The van der Waals surface area contributed by atoms with Gasteiger partial charge in [-0.3, -0.25) is 14.4 Å². The molecular formula is C6H11O4P3. The quantitative estimate of drug-likeness (QED) is 0.670. The van der Waals surface area contributed by atoms with Crippen molar-refractivity contribution in [2.75, 3.05) is 0 Å². The van der Waals surface area contributed by atoms with Gasteiger partial charge >= 0.3 is 0 Å². The lowest BCUT2D eigenvalue weighted by Gasteiger charge is -2.21. The first-order valence-corrected chi connectivity index (χ1v) is 5.10. The van der Waals surface area contributed by atoms with Crippen LogP contribution in [0.5, 0.6) is 0 Å². The van der Waals surface area contributed by atoms with Crippen LogP contribution in [0.15, 0.2) is 0 Å². The Hall–Kier alpha value is 0.260. The molecule has 13 heavy (non-hydrogen) atoms. The Balaban J connectivity index is 4.62. The highest BCUT2D eigenvalue weighted by Crippen LogP contribution is 2.23. The highest BCUT2D eigenvalue weighted by Gasteiger charge is 2.35. The minimum atomic E-state index is -1.87. The van der Waals surface area contributed by atoms with Crippen molar-refractivity contribution >= 4 is 44.3 Å². The molecule has 0 aromatic heterocycles. The Morgan fingerprint density at radius 3 is 1.46 bits per heavy atom. The van der Waals surface area contributed by atoms with Crippen molar-refractivity contribution in [3.63, 3.8) is 0 Å². The van der Waals surface area contributed by atoms with E-state index in [1.54, 1.807) is 9.24 Å². The van der Waals surface area contributed by atoms with Crippen molar-refractivity contribution in [1.82, 2.24) is 0 Å². The summed E-state index contributed by atoms with van der Waals surface area (Å²) in [6.45, 7) is 0. The third kappa shape index (κ3) is 4.88. The van der Waals surface area contributed by atoms with Crippen LogP contribution in [0.2, 0.25) is 0 Å². The van der Waals surface area contributed by atoms with Gasteiger partial charge < -0.3 is 5.11 Å². The first kappa shape index (κ1) is 13.3. The van der Waals surface area contributed by atoms with E-state index >= 15 is 0 Å². The number of hydrogen-bond donors (Lipinski definition) is 1. The number of aliphatic hydroxyl groups is 1. The average molecular weight is 240 g/mol. The van der Waals surface area contributed by atoms with Gasteiger partial charge in [-0.2, -0.15) is 0 Å². The molecule has 0 aliphatic carbocycles. The molecule has 0 radical (unpaired) electrons. The monoisotopic (exact) mass is 240 g/mol. The van der Waals surface area contributed by atoms with Gasteiger partial charge in [0.2, 0.25) is 0 Å². The van der Waals surface area contributed by atoms with Gasteiger partial charge in [0.15, 0.2) is 16.6 Å². The summed E-state index contributed by atoms with van der Waals surface area (Å²) < 4.78 is 0. The van der Waals surface area contributed by atoms with Crippen LogP contribution >= 0.6 is 27.7 Å². The van der Waals surface area contributed by atoms with E-state index in [2.05, 4.69) is 0 Å². The minimum Gasteiger partial charge on any atom is -0.381 e. The van der Waals surface area contributed by atoms with Crippen molar-refractivity contribution in [3.05, 3.63) is 0 Å². The predicted octanol–water partition coefficient (Wildman–Crippen LogP) is -0.297. The molecule has 1 N–H and O–H groups in total. The number of carbonyl (C=O) groups is 3. The van der Waals surface area contributed by atoms with Gasteiger partial charge in [0.25, 0.3) is 0 Å². The fourth-order valence-corrected chi connectivity index (χ4v) is 1.69. The van der Waals surface area contributed by atoms with Crippen molar-refractivity contribution < 1.29 is 19.5 Å². The molecule has 3 atom stereocenters. The third-order valence-electron chi connectivity index (χ3n) is 1.39. The van der Waals surface area contributed by atoms with Crippen LogP contribution in [-0.4, -0.2) is 27.3 Å². The molecule has 0 aliphatic rings. The first-order chi connectivity index (χ1) is 5.78. The van der Waals surface area contributed by atoms with Crippen LogP contribution in [0.4, 0.5) is 0 Å². The molecule has 0 saturated heterocycles. The molecule has 0 aliphatic heterocycles. The zero-order chi connectivity index (χ0) is 10.6. The third-order valence-corrected chi connectivity index (χ3v) is 2.34. The molecule has 0 fully saturated rings. The fraction of sp³-hybridized carbons (Fsp3) is 0.500. The van der Waals surface area contributed by atoms with Gasteiger partial charge in [-0.1, -0.05) is 27.7 Å². The van der Waals surface area contributed by atoms with Gasteiger partial charge in [-0.05, 0) is 0 Å². The molecule has 0 saturated carbocycles. The molecule has 0 heterocycles. The largest absolute Gasteiger partial charge is 0.381 e. The molecule has 0 aromatic carbocycles. The summed E-state index contributed by atoms with van der Waals surface area (Å²) in [6, 6.07) is 0. The number of hydrogen-bond acceptors (Lipinski definition) is 4. The van der Waals surface area contributed by atoms with E-state index in [1.165, 1.54) is 0 Å². The summed E-state index contributed by atoms with van der Waals surface area (Å²) in [5, 5.41) is 9.59. The summed E-state index contributed by atoms with van der Waals surface area (Å²) in [4.78, 5) is 32.3. The Morgan fingerprint density at radius 2 is 1.31 bits per heavy atom. The van der Waals surface area contributed by atoms with Crippen LogP contribution in [0.1, 0.15) is 12.8 Å². The standard InChI is InChI=1S/C6H11O4P3/c7-3(11)1-6(10,5(9)13)2-4(8)12/h10H,1-2,11-13H2. The Bertz CT molecular complexity index is 234. The van der Waals surface area contributed by atoms with Gasteiger partial charge in [0.05, 0.1) is 0 Å². The maximum Gasteiger partial charge on any atom is 0.180 e. The van der Waals surface area contributed by atoms with E-state index in [9.17, 15) is 19.5 Å². The highest BCUT2D eigenvalue weighted by atomic mass is 31.0. The fourth-order valence-electron chi connectivity index (χ4n) is 0.813. The van der Waals surface area contributed by atoms with Gasteiger partial charge in [-0.15, -0.1) is 0 Å². The van der Waals surface area contributed by atoms with Crippen LogP contribution < -0.4 is 0 Å². The Kier molecular flexibility index (Phi) is 5.32. The summed E-state index contributed by atoms with van der Waals surface area (Å²) in [5.74, 6) is 0. The van der Waals surface area contributed by atoms with E-state index in [0.29, 0.717) is 0 Å². The first-order valence-electron chi connectivity index (χ1n) is 3.37. The van der Waals surface area contributed by atoms with Crippen molar-refractivity contribution in [2.24, 2.45) is 0 Å². The van der Waals surface area contributed by atoms with E-state index in [-0.39, 0.29) is 12.8 Å². The normalized spacial score (nSPS) is 11.1. The zero-order valence-electron chi connectivity index (χ0n) is 6.82. The van der Waals surface area contributed by atoms with E-state index in [1.807, 2.05) is 18.5 Å². The SMILES string of the molecule is O=C(P)CC(O)(CC(=O)P)C(=O)P. The van der Waals surface area contributed by atoms with Crippen LogP contribution in [0.3, 0.4) is 0 Å². The Labute approximate surface area is 82.8 Å². The predicted molar refractivity (Wildman–Crippen MR) is 58.3 cm³/mol. The van der Waals surface area contributed by atoms with Crippen molar-refractivity contribution in [3.8, 4) is 0 Å².